The fraction of sp³-hybridized carbons (Fsp3) is 0.636. The zero-order chi connectivity index (χ0) is 20.8. The van der Waals surface area contributed by atoms with Gasteiger partial charge >= 0.3 is 0 Å². The van der Waals surface area contributed by atoms with Crippen molar-refractivity contribution in [3.8, 4) is 0 Å². The Morgan fingerprint density at radius 3 is 2.32 bits per heavy atom. The van der Waals surface area contributed by atoms with Crippen molar-refractivity contribution < 1.29 is 23.9 Å². The van der Waals surface area contributed by atoms with Gasteiger partial charge in [-0.2, -0.15) is 0 Å². The van der Waals surface area contributed by atoms with Crippen molar-refractivity contribution in [3.05, 3.63) is 35.9 Å². The van der Waals surface area contributed by atoms with E-state index in [9.17, 15) is 14.7 Å². The van der Waals surface area contributed by atoms with Crippen LogP contribution in [0.5, 0.6) is 0 Å². The summed E-state index contributed by atoms with van der Waals surface area (Å²) in [6, 6.07) is 9.75. The third-order valence-corrected chi connectivity index (χ3v) is 4.35. The van der Waals surface area contributed by atoms with Gasteiger partial charge in [0.2, 0.25) is 5.91 Å². The number of carbonyl (C=O) groups is 2. The van der Waals surface area contributed by atoms with Crippen molar-refractivity contribution in [1.29, 1.82) is 0 Å². The smallest absolute Gasteiger partial charge is 0.220 e. The second-order valence-corrected chi connectivity index (χ2v) is 8.37. The molecule has 1 aromatic rings. The topological polar surface area (TPSA) is 78.5 Å². The van der Waals surface area contributed by atoms with Crippen molar-refractivity contribution in [3.63, 3.8) is 0 Å². The van der Waals surface area contributed by atoms with Gasteiger partial charge in [-0.05, 0) is 18.4 Å². The van der Waals surface area contributed by atoms with E-state index >= 15 is 0 Å². The number of ether oxygens (including phenoxy) is 1. The Kier molecular flexibility index (Phi) is 11.4. The first kappa shape index (κ1) is 24.1. The van der Waals surface area contributed by atoms with Crippen LogP contribution in [0.4, 0.5) is 0 Å². The highest BCUT2D eigenvalue weighted by Crippen LogP contribution is 2.08. The van der Waals surface area contributed by atoms with Gasteiger partial charge in [0.15, 0.2) is 0 Å². The summed E-state index contributed by atoms with van der Waals surface area (Å²) in [6.45, 7) is 1.97. The average Bonchev–Trinajstić information content (AvgIpc) is 2.59. The Morgan fingerprint density at radius 2 is 1.68 bits per heavy atom. The highest BCUT2D eigenvalue weighted by Gasteiger charge is 2.20. The lowest BCUT2D eigenvalue weighted by atomic mass is 10.1. The van der Waals surface area contributed by atoms with Gasteiger partial charge in [0.05, 0.1) is 40.3 Å². The third kappa shape index (κ3) is 13.3. The van der Waals surface area contributed by atoms with E-state index in [0.29, 0.717) is 24.1 Å². The lowest BCUT2D eigenvalue weighted by molar-refractivity contribution is -0.871. The van der Waals surface area contributed by atoms with Crippen LogP contribution in [0.25, 0.3) is 0 Å². The van der Waals surface area contributed by atoms with E-state index in [4.69, 9.17) is 4.74 Å². The monoisotopic (exact) mass is 392 g/mol. The lowest BCUT2D eigenvalue weighted by Crippen LogP contribution is -2.50. The number of carboxylic acid groups (broad SMARTS) is 1. The van der Waals surface area contributed by atoms with Crippen LogP contribution < -0.4 is 10.4 Å². The number of benzene rings is 1. The van der Waals surface area contributed by atoms with Crippen molar-refractivity contribution in [2.75, 3.05) is 34.3 Å². The SMILES string of the molecule is C[N+](C)(C)CC(CC(=O)[O-])NC(=O)CCCCCCCOCc1ccccc1. The molecule has 0 fully saturated rings. The van der Waals surface area contributed by atoms with Gasteiger partial charge in [-0.3, -0.25) is 4.79 Å². The molecule has 6 heteroatoms. The zero-order valence-corrected chi connectivity index (χ0v) is 17.6. The number of amides is 1. The standard InChI is InChI=1S/C22H36N2O4/c1-24(2,3)17-20(16-22(26)27)23-21(25)14-10-5-4-6-11-15-28-18-19-12-8-7-9-13-19/h7-9,12-13,20H,4-6,10-11,14-18H2,1-3H3,(H-,23,25,26,27). The minimum absolute atomic E-state index is 0.0779. The minimum Gasteiger partial charge on any atom is -0.550 e. The number of hydrogen-bond acceptors (Lipinski definition) is 4. The minimum atomic E-state index is -1.13. The second kappa shape index (κ2) is 13.3. The molecule has 0 aliphatic carbocycles. The summed E-state index contributed by atoms with van der Waals surface area (Å²) in [7, 11) is 5.91. The van der Waals surface area contributed by atoms with Crippen molar-refractivity contribution in [2.24, 2.45) is 0 Å². The number of likely N-dealkylation sites (N-methyl/N-ethyl adjacent to an activating group) is 1. The maximum atomic E-state index is 12.1. The van der Waals surface area contributed by atoms with E-state index in [1.54, 1.807) is 0 Å². The van der Waals surface area contributed by atoms with Gasteiger partial charge < -0.3 is 24.4 Å². The number of aliphatic carboxylic acids is 1. The van der Waals surface area contributed by atoms with E-state index in [0.717, 1.165) is 38.7 Å². The van der Waals surface area contributed by atoms with Crippen molar-refractivity contribution >= 4 is 11.9 Å². The number of quaternary nitrogens is 1. The number of carbonyl (C=O) groups excluding carboxylic acids is 2. The Morgan fingerprint density at radius 1 is 1.04 bits per heavy atom. The number of rotatable bonds is 15. The lowest BCUT2D eigenvalue weighted by Gasteiger charge is -2.30. The van der Waals surface area contributed by atoms with Gasteiger partial charge in [-0.15, -0.1) is 0 Å². The zero-order valence-electron chi connectivity index (χ0n) is 17.6. The number of hydrogen-bond donors (Lipinski definition) is 1. The molecule has 0 aliphatic heterocycles. The maximum Gasteiger partial charge on any atom is 0.220 e. The Labute approximate surface area is 169 Å². The summed E-state index contributed by atoms with van der Waals surface area (Å²) < 4.78 is 6.25. The molecule has 28 heavy (non-hydrogen) atoms. The van der Waals surface area contributed by atoms with Gasteiger partial charge in [0.1, 0.15) is 0 Å². The van der Waals surface area contributed by atoms with Crippen LogP contribution in [0.2, 0.25) is 0 Å². The maximum absolute atomic E-state index is 12.1. The van der Waals surface area contributed by atoms with E-state index in [1.807, 2.05) is 39.3 Å². The van der Waals surface area contributed by atoms with E-state index in [1.165, 1.54) is 5.56 Å². The normalized spacial score (nSPS) is 12.5. The summed E-state index contributed by atoms with van der Waals surface area (Å²) in [6.07, 6.45) is 5.28. The second-order valence-electron chi connectivity index (χ2n) is 8.37. The first-order chi connectivity index (χ1) is 13.3. The third-order valence-electron chi connectivity index (χ3n) is 4.35. The van der Waals surface area contributed by atoms with Crippen LogP contribution in [0, 0.1) is 0 Å². The molecule has 1 rings (SSSR count). The molecule has 1 N–H and O–H groups in total. The number of carboxylic acids is 1. The predicted octanol–water partition coefficient (Wildman–Crippen LogP) is 1.87. The molecular weight excluding hydrogens is 356 g/mol. The van der Waals surface area contributed by atoms with E-state index in [-0.39, 0.29) is 18.4 Å². The number of nitrogens with one attached hydrogen (secondary N) is 1. The number of unbranched alkanes of at least 4 members (excludes halogenated alkanes) is 4. The van der Waals surface area contributed by atoms with Crippen LogP contribution in [0.1, 0.15) is 50.5 Å². The van der Waals surface area contributed by atoms with Gasteiger partial charge in [0, 0.05) is 25.4 Å². The number of nitrogens with zero attached hydrogens (tertiary/aromatic N) is 1. The van der Waals surface area contributed by atoms with Crippen molar-refractivity contribution in [2.45, 2.75) is 57.6 Å². The molecule has 1 unspecified atom stereocenters. The fourth-order valence-electron chi connectivity index (χ4n) is 3.11. The summed E-state index contributed by atoms with van der Waals surface area (Å²) in [4.78, 5) is 23.0. The molecular formula is C22H36N2O4. The molecule has 0 aliphatic rings. The first-order valence-electron chi connectivity index (χ1n) is 10.2. The Balaban J connectivity index is 2.06. The van der Waals surface area contributed by atoms with Crippen LogP contribution in [-0.4, -0.2) is 56.7 Å². The highest BCUT2D eigenvalue weighted by atomic mass is 16.5. The summed E-state index contributed by atoms with van der Waals surface area (Å²) in [5, 5.41) is 13.7. The molecule has 0 spiro atoms. The molecule has 0 aromatic heterocycles. The van der Waals surface area contributed by atoms with Crippen LogP contribution in [0.3, 0.4) is 0 Å². The summed E-state index contributed by atoms with van der Waals surface area (Å²) in [5.74, 6) is -1.21. The molecule has 158 valence electrons. The molecule has 0 saturated carbocycles. The van der Waals surface area contributed by atoms with Gasteiger partial charge in [-0.1, -0.05) is 49.6 Å². The largest absolute Gasteiger partial charge is 0.550 e. The highest BCUT2D eigenvalue weighted by molar-refractivity contribution is 5.77. The van der Waals surface area contributed by atoms with Crippen LogP contribution >= 0.6 is 0 Å². The summed E-state index contributed by atoms with van der Waals surface area (Å²) in [5.41, 5.74) is 1.19. The molecule has 0 bridgehead atoms. The molecule has 0 radical (unpaired) electrons. The Bertz CT molecular complexity index is 570. The Hall–Kier alpha value is -1.92. The van der Waals surface area contributed by atoms with Gasteiger partial charge in [-0.25, -0.2) is 0 Å². The molecule has 0 heterocycles. The summed E-state index contributed by atoms with van der Waals surface area (Å²) >= 11 is 0. The van der Waals surface area contributed by atoms with E-state index < -0.39 is 5.97 Å². The van der Waals surface area contributed by atoms with Crippen molar-refractivity contribution in [1.82, 2.24) is 5.32 Å². The van der Waals surface area contributed by atoms with Crippen LogP contribution in [-0.2, 0) is 20.9 Å². The molecule has 6 nitrogen and oxygen atoms in total. The molecule has 1 atom stereocenters. The first-order valence-corrected chi connectivity index (χ1v) is 10.2. The van der Waals surface area contributed by atoms with Gasteiger partial charge in [0.25, 0.3) is 0 Å². The predicted molar refractivity (Wildman–Crippen MR) is 108 cm³/mol. The molecule has 0 saturated heterocycles. The molecule has 1 amide bonds. The van der Waals surface area contributed by atoms with E-state index in [2.05, 4.69) is 17.4 Å². The average molecular weight is 393 g/mol. The fourth-order valence-corrected chi connectivity index (χ4v) is 3.11. The van der Waals surface area contributed by atoms with Crippen LogP contribution in [0.15, 0.2) is 30.3 Å². The quantitative estimate of drug-likeness (QED) is 0.365. The molecule has 1 aromatic carbocycles.